The molecule has 15 heavy (non-hydrogen) atoms. The van der Waals surface area contributed by atoms with Gasteiger partial charge in [-0.2, -0.15) is 0 Å². The van der Waals surface area contributed by atoms with Crippen LogP contribution in [0.15, 0.2) is 23.8 Å². The molecule has 0 aromatic carbocycles. The number of hydrogen-bond donors (Lipinski definition) is 0. The Morgan fingerprint density at radius 3 is 2.87 bits per heavy atom. The van der Waals surface area contributed by atoms with Crippen LogP contribution in [-0.4, -0.2) is 5.78 Å². The molecule has 0 amide bonds. The average Bonchev–Trinajstić information content (AvgIpc) is 2.36. The van der Waals surface area contributed by atoms with E-state index in [0.717, 1.165) is 6.42 Å². The zero-order valence-corrected chi connectivity index (χ0v) is 9.71. The SMILES string of the molecule is CC1=CCC2(C)C(=O)C3(C)C=CC2CC13. The van der Waals surface area contributed by atoms with Crippen LogP contribution in [0.1, 0.15) is 33.6 Å². The molecule has 5 aliphatic rings. The molecule has 0 aliphatic heterocycles. The Morgan fingerprint density at radius 1 is 1.40 bits per heavy atom. The third-order valence-electron chi connectivity index (χ3n) is 5.11. The first-order valence-corrected chi connectivity index (χ1v) is 5.89. The molecule has 4 atom stereocenters. The maximum absolute atomic E-state index is 12.6. The van der Waals surface area contributed by atoms with E-state index in [2.05, 4.69) is 39.0 Å². The summed E-state index contributed by atoms with van der Waals surface area (Å²) >= 11 is 0. The number of rotatable bonds is 0. The van der Waals surface area contributed by atoms with Crippen LogP contribution in [0.3, 0.4) is 0 Å². The van der Waals surface area contributed by atoms with Gasteiger partial charge in [0.1, 0.15) is 5.78 Å². The lowest BCUT2D eigenvalue weighted by atomic mass is 9.49. The fourth-order valence-electron chi connectivity index (χ4n) is 3.92. The van der Waals surface area contributed by atoms with E-state index >= 15 is 0 Å². The van der Waals surface area contributed by atoms with Gasteiger partial charge in [-0.3, -0.25) is 4.79 Å². The summed E-state index contributed by atoms with van der Waals surface area (Å²) in [6, 6.07) is 0. The van der Waals surface area contributed by atoms with Crippen LogP contribution in [0.25, 0.3) is 0 Å². The second kappa shape index (κ2) is 2.45. The zero-order valence-electron chi connectivity index (χ0n) is 9.71. The van der Waals surface area contributed by atoms with Crippen LogP contribution in [0.5, 0.6) is 0 Å². The van der Waals surface area contributed by atoms with E-state index in [1.807, 2.05) is 0 Å². The van der Waals surface area contributed by atoms with Crippen LogP contribution in [0, 0.1) is 22.7 Å². The molecule has 0 heterocycles. The highest BCUT2D eigenvalue weighted by molar-refractivity contribution is 5.95. The van der Waals surface area contributed by atoms with Crippen molar-refractivity contribution in [2.24, 2.45) is 22.7 Å². The lowest BCUT2D eigenvalue weighted by molar-refractivity contribution is -0.145. The van der Waals surface area contributed by atoms with E-state index in [1.54, 1.807) is 0 Å². The first-order valence-electron chi connectivity index (χ1n) is 5.89. The summed E-state index contributed by atoms with van der Waals surface area (Å²) in [7, 11) is 0. The molecule has 4 bridgehead atoms. The van der Waals surface area contributed by atoms with Crippen LogP contribution in [0.4, 0.5) is 0 Å². The summed E-state index contributed by atoms with van der Waals surface area (Å²) in [4.78, 5) is 12.6. The summed E-state index contributed by atoms with van der Waals surface area (Å²) in [6.07, 6.45) is 8.90. The molecule has 0 radical (unpaired) electrons. The molecule has 5 rings (SSSR count). The number of hydrogen-bond acceptors (Lipinski definition) is 1. The molecular weight excluding hydrogens is 184 g/mol. The highest BCUT2D eigenvalue weighted by atomic mass is 16.1. The molecular formula is C14H18O. The first kappa shape index (κ1) is 9.38. The fourth-order valence-corrected chi connectivity index (χ4v) is 3.92. The Labute approximate surface area is 91.2 Å². The minimum Gasteiger partial charge on any atom is -0.298 e. The van der Waals surface area contributed by atoms with Crippen LogP contribution < -0.4 is 0 Å². The molecule has 0 aromatic rings. The number of Topliss-reactive ketones (excluding diaryl/α,β-unsaturated/α-hetero) is 1. The summed E-state index contributed by atoms with van der Waals surface area (Å²) in [5.74, 6) is 1.42. The first-order chi connectivity index (χ1) is 6.98. The molecule has 5 aliphatic carbocycles. The maximum Gasteiger partial charge on any atom is 0.149 e. The largest absolute Gasteiger partial charge is 0.298 e. The van der Waals surface area contributed by atoms with Gasteiger partial charge in [-0.05, 0) is 38.5 Å². The van der Waals surface area contributed by atoms with E-state index in [4.69, 9.17) is 0 Å². The Morgan fingerprint density at radius 2 is 2.13 bits per heavy atom. The monoisotopic (exact) mass is 202 g/mol. The van der Waals surface area contributed by atoms with Crippen molar-refractivity contribution in [1.29, 1.82) is 0 Å². The molecule has 1 nitrogen and oxygen atoms in total. The van der Waals surface area contributed by atoms with Crippen molar-refractivity contribution in [1.82, 2.24) is 0 Å². The van der Waals surface area contributed by atoms with Crippen LogP contribution >= 0.6 is 0 Å². The summed E-state index contributed by atoms with van der Waals surface area (Å²) in [6.45, 7) is 6.49. The maximum atomic E-state index is 12.6. The van der Waals surface area contributed by atoms with Crippen molar-refractivity contribution in [3.05, 3.63) is 23.8 Å². The van der Waals surface area contributed by atoms with Gasteiger partial charge in [0.05, 0.1) is 5.41 Å². The van der Waals surface area contributed by atoms with E-state index in [1.165, 1.54) is 12.0 Å². The van der Waals surface area contributed by atoms with Crippen molar-refractivity contribution in [2.75, 3.05) is 0 Å². The predicted molar refractivity (Wildman–Crippen MR) is 60.3 cm³/mol. The number of allylic oxidation sites excluding steroid dienone is 4. The van der Waals surface area contributed by atoms with Crippen molar-refractivity contribution in [3.8, 4) is 0 Å². The molecule has 0 N–H and O–H groups in total. The van der Waals surface area contributed by atoms with Gasteiger partial charge in [-0.1, -0.05) is 30.7 Å². The zero-order chi connectivity index (χ0) is 10.8. The summed E-state index contributed by atoms with van der Waals surface area (Å²) < 4.78 is 0. The van der Waals surface area contributed by atoms with Gasteiger partial charge in [0.15, 0.2) is 0 Å². The van der Waals surface area contributed by atoms with E-state index in [0.29, 0.717) is 17.6 Å². The minimum atomic E-state index is -0.208. The van der Waals surface area contributed by atoms with Gasteiger partial charge in [0, 0.05) is 5.41 Å². The number of ketones is 1. The van der Waals surface area contributed by atoms with Gasteiger partial charge in [-0.25, -0.2) is 0 Å². The Balaban J connectivity index is 2.27. The second-order valence-corrected chi connectivity index (χ2v) is 5.94. The smallest absolute Gasteiger partial charge is 0.149 e. The van der Waals surface area contributed by atoms with Gasteiger partial charge >= 0.3 is 0 Å². The third-order valence-corrected chi connectivity index (χ3v) is 5.11. The highest BCUT2D eigenvalue weighted by Gasteiger charge is 2.59. The van der Waals surface area contributed by atoms with Gasteiger partial charge in [0.25, 0.3) is 0 Å². The minimum absolute atomic E-state index is 0.113. The quantitative estimate of drug-likeness (QED) is 0.551. The van der Waals surface area contributed by atoms with Crippen molar-refractivity contribution >= 4 is 5.78 Å². The standard InChI is InChI=1S/C14H18O/c1-9-4-6-13(2)10-5-7-14(3,12(13)15)11(9)8-10/h4-5,7,10-11H,6,8H2,1-3H3. The molecule has 0 aromatic heterocycles. The molecule has 1 heteroatoms. The molecule has 80 valence electrons. The topological polar surface area (TPSA) is 17.1 Å². The van der Waals surface area contributed by atoms with E-state index < -0.39 is 0 Å². The Bertz CT molecular complexity index is 404. The lowest BCUT2D eigenvalue weighted by Gasteiger charge is -2.52. The third kappa shape index (κ3) is 0.878. The molecule has 4 unspecified atom stereocenters. The van der Waals surface area contributed by atoms with Crippen LogP contribution in [0.2, 0.25) is 0 Å². The molecule has 0 saturated heterocycles. The van der Waals surface area contributed by atoms with Crippen molar-refractivity contribution in [3.63, 3.8) is 0 Å². The van der Waals surface area contributed by atoms with Crippen molar-refractivity contribution < 1.29 is 4.79 Å². The number of carbonyl (C=O) groups is 1. The Kier molecular flexibility index (Phi) is 1.53. The summed E-state index contributed by atoms with van der Waals surface area (Å²) in [5, 5.41) is 0. The second-order valence-electron chi connectivity index (χ2n) is 5.94. The normalized spacial score (nSPS) is 51.9. The van der Waals surface area contributed by atoms with Gasteiger partial charge < -0.3 is 0 Å². The van der Waals surface area contributed by atoms with Crippen molar-refractivity contribution in [2.45, 2.75) is 33.6 Å². The van der Waals surface area contributed by atoms with Crippen LogP contribution in [-0.2, 0) is 4.79 Å². The highest BCUT2D eigenvalue weighted by Crippen LogP contribution is 2.60. The average molecular weight is 202 g/mol. The lowest BCUT2D eigenvalue weighted by Crippen LogP contribution is -2.54. The van der Waals surface area contributed by atoms with Gasteiger partial charge in [-0.15, -0.1) is 0 Å². The fraction of sp³-hybridized carbons (Fsp3) is 0.643. The molecule has 1 saturated carbocycles. The molecule has 1 fully saturated rings. The molecule has 0 spiro atoms. The summed E-state index contributed by atoms with van der Waals surface area (Å²) in [5.41, 5.74) is 1.11. The van der Waals surface area contributed by atoms with E-state index in [-0.39, 0.29) is 10.8 Å². The van der Waals surface area contributed by atoms with Gasteiger partial charge in [0.2, 0.25) is 0 Å². The number of carbonyl (C=O) groups excluding carboxylic acids is 1. The predicted octanol–water partition coefficient (Wildman–Crippen LogP) is 3.12. The van der Waals surface area contributed by atoms with E-state index in [9.17, 15) is 4.79 Å². The number of fused-ring (bicyclic) bond motifs is 1. The Hall–Kier alpha value is -0.850.